The third-order valence-electron chi connectivity index (χ3n) is 4.58. The average molecular weight is 238 g/mol. The van der Waals surface area contributed by atoms with Crippen molar-refractivity contribution in [2.75, 3.05) is 26.2 Å². The molecule has 2 heterocycles. The van der Waals surface area contributed by atoms with Gasteiger partial charge in [0.15, 0.2) is 0 Å². The first-order chi connectivity index (χ1) is 8.24. The smallest absolute Gasteiger partial charge is 0.307 e. The maximum atomic E-state index is 11.0. The van der Waals surface area contributed by atoms with Gasteiger partial charge in [0.05, 0.1) is 5.92 Å². The van der Waals surface area contributed by atoms with E-state index in [1.54, 1.807) is 0 Å². The molecule has 3 fully saturated rings. The first-order valence-corrected chi connectivity index (χ1v) is 6.95. The Morgan fingerprint density at radius 3 is 2.35 bits per heavy atom. The van der Waals surface area contributed by atoms with Gasteiger partial charge >= 0.3 is 5.97 Å². The normalized spacial score (nSPS) is 36.2. The zero-order chi connectivity index (χ0) is 11.8. The predicted octanol–water partition coefficient (Wildman–Crippen LogP) is 1.02. The highest BCUT2D eigenvalue weighted by Gasteiger charge is 2.37. The molecule has 4 nitrogen and oxygen atoms in total. The summed E-state index contributed by atoms with van der Waals surface area (Å²) >= 11 is 0. The van der Waals surface area contributed by atoms with Gasteiger partial charge in [-0.15, -0.1) is 0 Å². The fraction of sp³-hybridized carbons (Fsp3) is 0.923. The Labute approximate surface area is 103 Å². The highest BCUT2D eigenvalue weighted by atomic mass is 16.4. The van der Waals surface area contributed by atoms with E-state index in [1.807, 2.05) is 0 Å². The van der Waals surface area contributed by atoms with Gasteiger partial charge in [0.1, 0.15) is 0 Å². The van der Waals surface area contributed by atoms with Crippen LogP contribution in [0.2, 0.25) is 0 Å². The van der Waals surface area contributed by atoms with Crippen LogP contribution in [0, 0.1) is 5.92 Å². The second-order valence-electron chi connectivity index (χ2n) is 5.84. The number of piperidine rings is 1. The fourth-order valence-corrected chi connectivity index (χ4v) is 3.37. The van der Waals surface area contributed by atoms with Crippen molar-refractivity contribution < 1.29 is 9.90 Å². The van der Waals surface area contributed by atoms with Crippen molar-refractivity contribution in [2.24, 2.45) is 5.92 Å². The van der Waals surface area contributed by atoms with Gasteiger partial charge in [-0.25, -0.2) is 0 Å². The zero-order valence-corrected chi connectivity index (χ0v) is 10.3. The van der Waals surface area contributed by atoms with Gasteiger partial charge in [-0.1, -0.05) is 0 Å². The van der Waals surface area contributed by atoms with E-state index < -0.39 is 5.97 Å². The van der Waals surface area contributed by atoms with Crippen LogP contribution in [0.3, 0.4) is 0 Å². The molecule has 17 heavy (non-hydrogen) atoms. The minimum Gasteiger partial charge on any atom is -0.481 e. The lowest BCUT2D eigenvalue weighted by Gasteiger charge is -2.37. The van der Waals surface area contributed by atoms with Crippen LogP contribution in [0.15, 0.2) is 0 Å². The summed E-state index contributed by atoms with van der Waals surface area (Å²) in [6.45, 7) is 4.20. The molecule has 0 aromatic rings. The Morgan fingerprint density at radius 1 is 0.941 bits per heavy atom. The van der Waals surface area contributed by atoms with Crippen LogP contribution in [-0.2, 0) is 4.79 Å². The molecule has 2 saturated heterocycles. The van der Waals surface area contributed by atoms with Crippen molar-refractivity contribution in [3.05, 3.63) is 0 Å². The summed E-state index contributed by atoms with van der Waals surface area (Å²) < 4.78 is 0. The summed E-state index contributed by atoms with van der Waals surface area (Å²) in [6.07, 6.45) is 6.15. The zero-order valence-electron chi connectivity index (χ0n) is 10.3. The molecule has 1 aliphatic carbocycles. The standard InChI is InChI=1S/C13H22N2O2/c16-13(17)10-5-7-15(8-10)12-2-1-6-14(9-12)11-3-4-11/h10-12H,1-9H2,(H,16,17). The van der Waals surface area contributed by atoms with Crippen LogP contribution >= 0.6 is 0 Å². The van der Waals surface area contributed by atoms with Crippen molar-refractivity contribution >= 4 is 5.97 Å². The second-order valence-corrected chi connectivity index (χ2v) is 5.84. The number of nitrogens with zero attached hydrogens (tertiary/aromatic N) is 2. The molecule has 0 aromatic heterocycles. The van der Waals surface area contributed by atoms with Crippen LogP contribution in [0.4, 0.5) is 0 Å². The van der Waals surface area contributed by atoms with E-state index in [0.29, 0.717) is 6.04 Å². The first kappa shape index (κ1) is 11.5. The lowest BCUT2D eigenvalue weighted by Crippen LogP contribution is -2.48. The molecule has 0 bridgehead atoms. The van der Waals surface area contributed by atoms with Crippen LogP contribution in [0.5, 0.6) is 0 Å². The number of aliphatic carboxylic acids is 1. The largest absolute Gasteiger partial charge is 0.481 e. The fourth-order valence-electron chi connectivity index (χ4n) is 3.37. The lowest BCUT2D eigenvalue weighted by molar-refractivity contribution is -0.141. The van der Waals surface area contributed by atoms with E-state index in [-0.39, 0.29) is 5.92 Å². The number of hydrogen-bond donors (Lipinski definition) is 1. The number of carboxylic acid groups (broad SMARTS) is 1. The molecule has 0 spiro atoms. The van der Waals surface area contributed by atoms with Crippen molar-refractivity contribution in [1.82, 2.24) is 9.80 Å². The summed E-state index contributed by atoms with van der Waals surface area (Å²) in [5, 5.41) is 9.04. The van der Waals surface area contributed by atoms with Crippen molar-refractivity contribution in [2.45, 2.75) is 44.2 Å². The van der Waals surface area contributed by atoms with Crippen LogP contribution in [0.25, 0.3) is 0 Å². The van der Waals surface area contributed by atoms with Gasteiger partial charge in [0, 0.05) is 25.2 Å². The molecule has 1 saturated carbocycles. The van der Waals surface area contributed by atoms with Gasteiger partial charge in [0.2, 0.25) is 0 Å². The molecular weight excluding hydrogens is 216 g/mol. The average Bonchev–Trinajstić information content (AvgIpc) is 3.06. The highest BCUT2D eigenvalue weighted by molar-refractivity contribution is 5.70. The molecule has 0 amide bonds. The number of rotatable bonds is 3. The Morgan fingerprint density at radius 2 is 1.71 bits per heavy atom. The summed E-state index contributed by atoms with van der Waals surface area (Å²) in [5.74, 6) is -0.728. The van der Waals surface area contributed by atoms with Gasteiger partial charge in [0.25, 0.3) is 0 Å². The molecular formula is C13H22N2O2. The van der Waals surface area contributed by atoms with E-state index in [0.717, 1.165) is 25.6 Å². The van der Waals surface area contributed by atoms with E-state index in [2.05, 4.69) is 9.80 Å². The van der Waals surface area contributed by atoms with Crippen molar-refractivity contribution in [1.29, 1.82) is 0 Å². The molecule has 3 rings (SSSR count). The molecule has 2 aliphatic heterocycles. The molecule has 2 unspecified atom stereocenters. The Balaban J connectivity index is 1.55. The quantitative estimate of drug-likeness (QED) is 0.797. The van der Waals surface area contributed by atoms with Crippen LogP contribution in [0.1, 0.15) is 32.1 Å². The molecule has 0 radical (unpaired) electrons. The first-order valence-electron chi connectivity index (χ1n) is 6.95. The van der Waals surface area contributed by atoms with E-state index in [1.165, 1.54) is 38.8 Å². The summed E-state index contributed by atoms with van der Waals surface area (Å²) in [7, 11) is 0. The number of likely N-dealkylation sites (tertiary alicyclic amines) is 2. The number of carboxylic acids is 1. The minimum absolute atomic E-state index is 0.119. The lowest BCUT2D eigenvalue weighted by atomic mass is 10.0. The number of carbonyl (C=O) groups is 1. The Bertz CT molecular complexity index is 304. The highest BCUT2D eigenvalue weighted by Crippen LogP contribution is 2.31. The van der Waals surface area contributed by atoms with Gasteiger partial charge in [-0.05, 0) is 45.2 Å². The SMILES string of the molecule is O=C(O)C1CCN(C2CCCN(C3CC3)C2)C1. The van der Waals surface area contributed by atoms with E-state index in [9.17, 15) is 4.79 Å². The molecule has 0 aromatic carbocycles. The van der Waals surface area contributed by atoms with Crippen molar-refractivity contribution in [3.63, 3.8) is 0 Å². The third kappa shape index (κ3) is 2.47. The Kier molecular flexibility index (Phi) is 3.09. The Hall–Kier alpha value is -0.610. The monoisotopic (exact) mass is 238 g/mol. The summed E-state index contributed by atoms with van der Waals surface area (Å²) in [4.78, 5) is 16.0. The molecule has 3 aliphatic rings. The molecule has 96 valence electrons. The van der Waals surface area contributed by atoms with E-state index >= 15 is 0 Å². The van der Waals surface area contributed by atoms with Gasteiger partial charge < -0.3 is 5.11 Å². The van der Waals surface area contributed by atoms with Crippen LogP contribution in [-0.4, -0.2) is 59.1 Å². The molecule has 2 atom stereocenters. The summed E-state index contributed by atoms with van der Waals surface area (Å²) in [5.41, 5.74) is 0. The minimum atomic E-state index is -0.609. The third-order valence-corrected chi connectivity index (χ3v) is 4.58. The van der Waals surface area contributed by atoms with Gasteiger partial charge in [-0.3, -0.25) is 14.6 Å². The second kappa shape index (κ2) is 4.58. The summed E-state index contributed by atoms with van der Waals surface area (Å²) in [6, 6.07) is 1.48. The maximum absolute atomic E-state index is 11.0. The molecule has 4 heteroatoms. The van der Waals surface area contributed by atoms with E-state index in [4.69, 9.17) is 5.11 Å². The molecule has 1 N–H and O–H groups in total. The number of hydrogen-bond acceptors (Lipinski definition) is 3. The maximum Gasteiger partial charge on any atom is 0.307 e. The van der Waals surface area contributed by atoms with Crippen LogP contribution < -0.4 is 0 Å². The van der Waals surface area contributed by atoms with Gasteiger partial charge in [-0.2, -0.15) is 0 Å². The topological polar surface area (TPSA) is 43.8 Å². The van der Waals surface area contributed by atoms with Crippen molar-refractivity contribution in [3.8, 4) is 0 Å². The predicted molar refractivity (Wildman–Crippen MR) is 64.9 cm³/mol.